The normalized spacial score (nSPS) is 13.3. The standard InChI is InChI=1S/C17H32O5S/c1-3-5-6-7-8-9-10-11-12-13-14-15-16(18)22-17(4-2)23(19,20)21/h7-8,17H,3-6,9-15H2,1-2H3,(H,19,20,21). The second-order valence-electron chi connectivity index (χ2n) is 5.76. The second kappa shape index (κ2) is 13.5. The van der Waals surface area contributed by atoms with Crippen molar-refractivity contribution in [2.45, 2.75) is 89.9 Å². The van der Waals surface area contributed by atoms with Crippen molar-refractivity contribution in [3.8, 4) is 0 Å². The average Bonchev–Trinajstić information content (AvgIpc) is 2.49. The van der Waals surface area contributed by atoms with Crippen LogP contribution in [0.3, 0.4) is 0 Å². The lowest BCUT2D eigenvalue weighted by Crippen LogP contribution is -2.26. The molecule has 0 aromatic heterocycles. The molecule has 0 aromatic rings. The summed E-state index contributed by atoms with van der Waals surface area (Å²) in [6.45, 7) is 3.73. The van der Waals surface area contributed by atoms with Crippen molar-refractivity contribution < 1.29 is 22.5 Å². The highest BCUT2D eigenvalue weighted by Crippen LogP contribution is 2.11. The first-order chi connectivity index (χ1) is 10.9. The molecule has 0 radical (unpaired) electrons. The quantitative estimate of drug-likeness (QED) is 0.214. The van der Waals surface area contributed by atoms with Gasteiger partial charge < -0.3 is 4.74 Å². The summed E-state index contributed by atoms with van der Waals surface area (Å²) < 4.78 is 35.5. The molecule has 0 saturated heterocycles. The number of unbranched alkanes of at least 4 members (excludes halogenated alkanes) is 7. The molecule has 1 unspecified atom stereocenters. The van der Waals surface area contributed by atoms with Crippen molar-refractivity contribution in [3.05, 3.63) is 12.2 Å². The average molecular weight is 349 g/mol. The molecule has 1 N–H and O–H groups in total. The Morgan fingerprint density at radius 3 is 2.13 bits per heavy atom. The molecule has 6 heteroatoms. The third-order valence-corrected chi connectivity index (χ3v) is 4.67. The van der Waals surface area contributed by atoms with Gasteiger partial charge in [0.05, 0.1) is 0 Å². The van der Waals surface area contributed by atoms with Crippen LogP contribution in [0.25, 0.3) is 0 Å². The zero-order valence-electron chi connectivity index (χ0n) is 14.5. The van der Waals surface area contributed by atoms with Gasteiger partial charge in [0.2, 0.25) is 5.44 Å². The number of hydrogen-bond donors (Lipinski definition) is 1. The monoisotopic (exact) mass is 348 g/mol. The third kappa shape index (κ3) is 13.3. The number of carbonyl (C=O) groups excluding carboxylic acids is 1. The number of allylic oxidation sites excluding steroid dienone is 2. The van der Waals surface area contributed by atoms with Gasteiger partial charge in [-0.2, -0.15) is 8.42 Å². The van der Waals surface area contributed by atoms with E-state index in [1.807, 2.05) is 0 Å². The van der Waals surface area contributed by atoms with Crippen LogP contribution in [0, 0.1) is 0 Å². The van der Waals surface area contributed by atoms with Gasteiger partial charge in [-0.3, -0.25) is 9.35 Å². The molecule has 0 aliphatic rings. The maximum absolute atomic E-state index is 11.5. The first kappa shape index (κ1) is 22.1. The van der Waals surface area contributed by atoms with Crippen molar-refractivity contribution in [3.63, 3.8) is 0 Å². The van der Waals surface area contributed by atoms with Crippen LogP contribution in [0.15, 0.2) is 12.2 Å². The first-order valence-corrected chi connectivity index (χ1v) is 10.2. The molecule has 0 fully saturated rings. The molecule has 1 atom stereocenters. The fourth-order valence-electron chi connectivity index (χ4n) is 2.18. The van der Waals surface area contributed by atoms with Gasteiger partial charge in [0, 0.05) is 6.42 Å². The van der Waals surface area contributed by atoms with Crippen molar-refractivity contribution in [2.75, 3.05) is 0 Å². The minimum absolute atomic E-state index is 0.0519. The van der Waals surface area contributed by atoms with Gasteiger partial charge in [0.15, 0.2) is 0 Å². The van der Waals surface area contributed by atoms with Gasteiger partial charge in [-0.15, -0.1) is 0 Å². The summed E-state index contributed by atoms with van der Waals surface area (Å²) in [5, 5.41) is 0. The van der Waals surface area contributed by atoms with Gasteiger partial charge in [0.25, 0.3) is 0 Å². The number of ether oxygens (including phenoxy) is 1. The number of rotatable bonds is 14. The Hall–Kier alpha value is -0.880. The molecule has 0 saturated carbocycles. The SMILES string of the molecule is CCCCC=CCCCCCCCC(=O)OC(CC)S(=O)(=O)O. The molecule has 0 amide bonds. The summed E-state index contributed by atoms with van der Waals surface area (Å²) in [6, 6.07) is 0. The van der Waals surface area contributed by atoms with E-state index in [-0.39, 0.29) is 12.8 Å². The van der Waals surface area contributed by atoms with Crippen molar-refractivity contribution in [1.29, 1.82) is 0 Å². The number of esters is 1. The minimum atomic E-state index is -4.31. The van der Waals surface area contributed by atoms with Crippen LogP contribution in [0.5, 0.6) is 0 Å². The molecule has 0 bridgehead atoms. The topological polar surface area (TPSA) is 80.7 Å². The Bertz CT molecular complexity index is 428. The Morgan fingerprint density at radius 1 is 1.00 bits per heavy atom. The summed E-state index contributed by atoms with van der Waals surface area (Å²) in [7, 11) is -4.31. The van der Waals surface area contributed by atoms with E-state index in [0.717, 1.165) is 32.1 Å². The number of hydrogen-bond acceptors (Lipinski definition) is 4. The van der Waals surface area contributed by atoms with Crippen LogP contribution in [-0.4, -0.2) is 24.4 Å². The zero-order chi connectivity index (χ0) is 17.6. The van der Waals surface area contributed by atoms with Crippen LogP contribution in [0.2, 0.25) is 0 Å². The van der Waals surface area contributed by atoms with Crippen LogP contribution < -0.4 is 0 Å². The van der Waals surface area contributed by atoms with Crippen LogP contribution in [0.4, 0.5) is 0 Å². The molecule has 0 heterocycles. The van der Waals surface area contributed by atoms with Gasteiger partial charge in [0.1, 0.15) is 0 Å². The fourth-order valence-corrected chi connectivity index (χ4v) is 2.83. The predicted molar refractivity (Wildman–Crippen MR) is 92.7 cm³/mol. The summed E-state index contributed by atoms with van der Waals surface area (Å²) in [5.41, 5.74) is -1.44. The molecule has 136 valence electrons. The molecular weight excluding hydrogens is 316 g/mol. The van der Waals surface area contributed by atoms with Crippen LogP contribution in [0.1, 0.15) is 84.5 Å². The maximum atomic E-state index is 11.5. The molecular formula is C17H32O5S. The van der Waals surface area contributed by atoms with Crippen molar-refractivity contribution in [1.82, 2.24) is 0 Å². The van der Waals surface area contributed by atoms with E-state index in [1.54, 1.807) is 6.92 Å². The van der Waals surface area contributed by atoms with Crippen LogP contribution in [-0.2, 0) is 19.6 Å². The largest absolute Gasteiger partial charge is 0.443 e. The van der Waals surface area contributed by atoms with Gasteiger partial charge in [-0.25, -0.2) is 0 Å². The lowest BCUT2D eigenvalue weighted by Gasteiger charge is -2.12. The third-order valence-electron chi connectivity index (χ3n) is 3.57. The summed E-state index contributed by atoms with van der Waals surface area (Å²) in [5.74, 6) is -0.562. The summed E-state index contributed by atoms with van der Waals surface area (Å²) >= 11 is 0. The molecule has 0 aromatic carbocycles. The van der Waals surface area contributed by atoms with Crippen molar-refractivity contribution >= 4 is 16.1 Å². The molecule has 0 aliphatic heterocycles. The Morgan fingerprint density at radius 2 is 1.57 bits per heavy atom. The van der Waals surface area contributed by atoms with E-state index in [2.05, 4.69) is 19.1 Å². The molecule has 0 spiro atoms. The van der Waals surface area contributed by atoms with E-state index in [4.69, 9.17) is 9.29 Å². The van der Waals surface area contributed by atoms with E-state index in [0.29, 0.717) is 6.42 Å². The minimum Gasteiger partial charge on any atom is -0.443 e. The van der Waals surface area contributed by atoms with Crippen molar-refractivity contribution in [2.24, 2.45) is 0 Å². The van der Waals surface area contributed by atoms with E-state index < -0.39 is 21.5 Å². The fraction of sp³-hybridized carbons (Fsp3) is 0.824. The molecule has 5 nitrogen and oxygen atoms in total. The van der Waals surface area contributed by atoms with Gasteiger partial charge in [-0.05, 0) is 32.1 Å². The molecule has 0 aliphatic carbocycles. The van der Waals surface area contributed by atoms with Gasteiger partial charge in [-0.1, -0.05) is 58.1 Å². The highest BCUT2D eigenvalue weighted by molar-refractivity contribution is 7.86. The smallest absolute Gasteiger partial charge is 0.307 e. The summed E-state index contributed by atoms with van der Waals surface area (Å²) in [4.78, 5) is 11.5. The Kier molecular flexibility index (Phi) is 13.0. The molecule has 0 rings (SSSR count). The zero-order valence-corrected chi connectivity index (χ0v) is 15.3. The molecule has 23 heavy (non-hydrogen) atoms. The van der Waals surface area contributed by atoms with E-state index >= 15 is 0 Å². The highest BCUT2D eigenvalue weighted by atomic mass is 32.2. The number of carbonyl (C=O) groups is 1. The van der Waals surface area contributed by atoms with Crippen LogP contribution >= 0.6 is 0 Å². The maximum Gasteiger partial charge on any atom is 0.307 e. The van der Waals surface area contributed by atoms with E-state index in [1.165, 1.54) is 19.3 Å². The Labute approximate surface area is 141 Å². The Balaban J connectivity index is 3.58. The lowest BCUT2D eigenvalue weighted by atomic mass is 10.1. The highest BCUT2D eigenvalue weighted by Gasteiger charge is 2.24. The second-order valence-corrected chi connectivity index (χ2v) is 7.32. The first-order valence-electron chi connectivity index (χ1n) is 8.72. The van der Waals surface area contributed by atoms with Gasteiger partial charge >= 0.3 is 16.1 Å². The predicted octanol–water partition coefficient (Wildman–Crippen LogP) is 4.63. The van der Waals surface area contributed by atoms with E-state index in [9.17, 15) is 13.2 Å². The summed E-state index contributed by atoms with van der Waals surface area (Å²) in [6.07, 6.45) is 14.5. The lowest BCUT2D eigenvalue weighted by molar-refractivity contribution is -0.146.